The van der Waals surface area contributed by atoms with E-state index in [1.165, 1.54) is 18.2 Å². The first kappa shape index (κ1) is 59.9. The van der Waals surface area contributed by atoms with Gasteiger partial charge in [-0.25, -0.2) is 28.1 Å². The molecule has 0 radical (unpaired) electrons. The number of rotatable bonds is 12. The molecule has 3 saturated heterocycles. The van der Waals surface area contributed by atoms with Gasteiger partial charge in [-0.15, -0.1) is 0 Å². The van der Waals surface area contributed by atoms with E-state index in [9.17, 15) is 13.2 Å². The van der Waals surface area contributed by atoms with E-state index in [-0.39, 0.29) is 53.9 Å². The molecule has 6 aromatic heterocycles. The molecule has 0 aromatic carbocycles. The van der Waals surface area contributed by atoms with Crippen molar-refractivity contribution < 1.29 is 55.8 Å². The van der Waals surface area contributed by atoms with Crippen molar-refractivity contribution in [1.82, 2.24) is 44.6 Å². The Morgan fingerprint density at radius 2 is 0.583 bits per heavy atom. The quantitative estimate of drug-likeness (QED) is 0.113. The van der Waals surface area contributed by atoms with Gasteiger partial charge < -0.3 is 42.6 Å². The van der Waals surface area contributed by atoms with Crippen LogP contribution in [0.4, 0.5) is 13.2 Å². The van der Waals surface area contributed by atoms with Gasteiger partial charge in [-0.1, -0.05) is 0 Å². The Labute approximate surface area is 490 Å². The smallest absolute Gasteiger partial charge is 0.257 e. The molecule has 6 aliphatic rings. The van der Waals surface area contributed by atoms with Crippen LogP contribution in [0.3, 0.4) is 0 Å². The highest BCUT2D eigenvalue weighted by Gasteiger charge is 2.33. The Morgan fingerprint density at radius 1 is 0.357 bits per heavy atom. The van der Waals surface area contributed by atoms with E-state index in [1.54, 1.807) is 0 Å². The Hall–Kier alpha value is -7.23. The molecule has 6 aromatic rings. The summed E-state index contributed by atoms with van der Waals surface area (Å²) in [5.74, 6) is 3.87. The fourth-order valence-electron chi connectivity index (χ4n) is 11.6. The zero-order valence-electron chi connectivity index (χ0n) is 49.7. The summed E-state index contributed by atoms with van der Waals surface area (Å²) >= 11 is 0. The Morgan fingerprint density at radius 3 is 0.821 bits per heavy atom. The summed E-state index contributed by atoms with van der Waals surface area (Å²) in [4.78, 5) is 33.1. The van der Waals surface area contributed by atoms with E-state index in [0.717, 1.165) is 129 Å². The van der Waals surface area contributed by atoms with E-state index >= 15 is 0 Å². The van der Waals surface area contributed by atoms with Crippen LogP contribution in [0.5, 0.6) is 52.1 Å². The van der Waals surface area contributed by atoms with Gasteiger partial charge in [0.2, 0.25) is 0 Å². The molecule has 18 nitrogen and oxygen atoms in total. The molecule has 0 bridgehead atoms. The van der Waals surface area contributed by atoms with Crippen LogP contribution in [-0.2, 0) is 0 Å². The second-order valence-corrected chi connectivity index (χ2v) is 22.4. The van der Waals surface area contributed by atoms with Gasteiger partial charge in [-0.2, -0.15) is 0 Å². The van der Waals surface area contributed by atoms with Gasteiger partial charge in [0.1, 0.15) is 92.7 Å². The Bertz CT molecular complexity index is 2830. The highest BCUT2D eigenvalue weighted by molar-refractivity contribution is 5.40. The summed E-state index contributed by atoms with van der Waals surface area (Å²) < 4.78 is 94.9. The second-order valence-electron chi connectivity index (χ2n) is 22.4. The van der Waals surface area contributed by atoms with Gasteiger partial charge in [0, 0.05) is 128 Å². The maximum atomic E-state index is 14.6. The van der Waals surface area contributed by atoms with Crippen LogP contribution in [-0.4, -0.2) is 142 Å². The number of likely N-dealkylation sites (tertiary alicyclic amines) is 3. The van der Waals surface area contributed by atoms with Gasteiger partial charge in [-0.05, 0) is 101 Å². The van der Waals surface area contributed by atoms with E-state index in [4.69, 9.17) is 42.6 Å². The molecular formula is C63H78F3N9O9. The molecule has 6 aliphatic heterocycles. The fourth-order valence-corrected chi connectivity index (χ4v) is 11.6. The zero-order chi connectivity index (χ0) is 59.0. The van der Waals surface area contributed by atoms with Crippen LogP contribution < -0.4 is 42.6 Å². The molecule has 450 valence electrons. The molecule has 21 heteroatoms. The number of hydrogen-bond acceptors (Lipinski definition) is 18. The molecule has 0 spiro atoms. The number of pyridine rings is 6. The molecule has 1 unspecified atom stereocenters. The minimum absolute atomic E-state index is 0.137. The predicted molar refractivity (Wildman–Crippen MR) is 308 cm³/mol. The minimum Gasteiger partial charge on any atom is -0.490 e. The van der Waals surface area contributed by atoms with Gasteiger partial charge >= 0.3 is 0 Å². The third kappa shape index (κ3) is 15.2. The van der Waals surface area contributed by atoms with Crippen LogP contribution in [0.2, 0.25) is 0 Å². The lowest BCUT2D eigenvalue weighted by atomic mass is 10.0. The molecule has 12 rings (SSSR count). The molecule has 0 amide bonds. The average molecular weight is 1160 g/mol. The van der Waals surface area contributed by atoms with Crippen molar-refractivity contribution in [2.24, 2.45) is 0 Å². The van der Waals surface area contributed by atoms with Gasteiger partial charge in [-0.3, -0.25) is 29.7 Å². The number of halogens is 3. The van der Waals surface area contributed by atoms with Crippen molar-refractivity contribution in [2.75, 3.05) is 78.9 Å². The van der Waals surface area contributed by atoms with Crippen molar-refractivity contribution in [2.45, 2.75) is 137 Å². The number of nitrogens with zero attached hydrogens (tertiary/aromatic N) is 9. The van der Waals surface area contributed by atoms with Crippen LogP contribution >= 0.6 is 0 Å². The van der Waals surface area contributed by atoms with Crippen molar-refractivity contribution in [3.63, 3.8) is 0 Å². The Kier molecular flexibility index (Phi) is 19.4. The minimum atomic E-state index is -0.349. The fraction of sp³-hybridized carbons (Fsp3) is 0.524. The van der Waals surface area contributed by atoms with Gasteiger partial charge in [0.15, 0.2) is 17.2 Å². The van der Waals surface area contributed by atoms with Crippen molar-refractivity contribution in [1.29, 1.82) is 0 Å². The average Bonchev–Trinajstić information content (AvgIpc) is 3.65. The van der Waals surface area contributed by atoms with Crippen LogP contribution in [0, 0.1) is 59.0 Å². The lowest BCUT2D eigenvalue weighted by Gasteiger charge is -2.36. The van der Waals surface area contributed by atoms with Gasteiger partial charge in [0.25, 0.3) is 17.6 Å². The Balaban J connectivity index is 0.000000140. The summed E-state index contributed by atoms with van der Waals surface area (Å²) in [7, 11) is 0. The molecular weight excluding hydrogens is 1080 g/mol. The predicted octanol–water partition coefficient (Wildman–Crippen LogP) is 10.8. The van der Waals surface area contributed by atoms with Crippen LogP contribution in [0.1, 0.15) is 129 Å². The van der Waals surface area contributed by atoms with E-state index in [2.05, 4.69) is 44.6 Å². The van der Waals surface area contributed by atoms with Gasteiger partial charge in [0.05, 0.1) is 35.2 Å². The van der Waals surface area contributed by atoms with Crippen LogP contribution in [0.25, 0.3) is 0 Å². The highest BCUT2D eigenvalue weighted by Crippen LogP contribution is 2.38. The number of fused-ring (bicyclic) bond motifs is 3. The first-order valence-electron chi connectivity index (χ1n) is 29.4. The molecule has 84 heavy (non-hydrogen) atoms. The van der Waals surface area contributed by atoms with Crippen molar-refractivity contribution in [3.05, 3.63) is 123 Å². The summed E-state index contributed by atoms with van der Waals surface area (Å²) in [6.45, 7) is 25.3. The second kappa shape index (κ2) is 27.2. The molecule has 3 atom stereocenters. The number of piperidine rings is 3. The maximum absolute atomic E-state index is 14.6. The topological polar surface area (TPSA) is 170 Å². The number of aromatic nitrogens is 6. The highest BCUT2D eigenvalue weighted by atomic mass is 19.1. The maximum Gasteiger partial charge on any atom is 0.257 e. The monoisotopic (exact) mass is 1160 g/mol. The molecule has 0 aliphatic carbocycles. The SMILES string of the molecule is Cc1cc(OC2CCN(C(C)c3nc4c(cc3F)OCCO4)CC2)cc(C)n1.Cc1cc(OC2CCN([C@@H](C)c3nc4c(cc3F)OCCO4)CC2)cc(C)n1.Cc1cc(OC2CCN([C@H](C)c3nc4c(cc3F)OCCO4)CC2)cc(C)n1. The summed E-state index contributed by atoms with van der Waals surface area (Å²) in [5, 5.41) is 0. The third-order valence-corrected chi connectivity index (χ3v) is 15.9. The number of aryl methyl sites for hydroxylation is 6. The largest absolute Gasteiger partial charge is 0.490 e. The zero-order valence-corrected chi connectivity index (χ0v) is 49.7. The standard InChI is InChI=1S/3C21H26FN3O3/c3*1-13-10-17(11-14(2)23-13)28-16-4-6-25(7-5-16)15(3)20-18(22)12-19-21(24-20)27-9-8-26-19/h3*10-12,15-16H,4-9H2,1-3H3/t2*15-;/m10./s1. The normalized spacial score (nSPS) is 18.7. The molecule has 0 saturated carbocycles. The summed E-state index contributed by atoms with van der Waals surface area (Å²) in [6.07, 6.45) is 5.78. The number of hydrogen-bond donors (Lipinski definition) is 0. The van der Waals surface area contributed by atoms with Crippen molar-refractivity contribution >= 4 is 0 Å². The summed E-state index contributed by atoms with van der Waals surface area (Å²) in [5.41, 5.74) is 6.98. The molecule has 0 N–H and O–H groups in total. The van der Waals surface area contributed by atoms with E-state index in [0.29, 0.717) is 91.6 Å². The molecule has 3 fully saturated rings. The number of ether oxygens (including phenoxy) is 9. The third-order valence-electron chi connectivity index (χ3n) is 15.9. The lowest BCUT2D eigenvalue weighted by molar-refractivity contribution is 0.0766. The molecule has 12 heterocycles. The van der Waals surface area contributed by atoms with E-state index < -0.39 is 0 Å². The first-order valence-corrected chi connectivity index (χ1v) is 29.4. The summed E-state index contributed by atoms with van der Waals surface area (Å²) in [6, 6.07) is 15.6. The lowest BCUT2D eigenvalue weighted by Crippen LogP contribution is -2.40. The van der Waals surface area contributed by atoms with Crippen molar-refractivity contribution in [3.8, 4) is 52.1 Å². The van der Waals surface area contributed by atoms with Crippen LogP contribution in [0.15, 0.2) is 54.6 Å². The first-order chi connectivity index (χ1) is 40.5. The van der Waals surface area contributed by atoms with E-state index in [1.807, 2.05) is 98.7 Å².